The van der Waals surface area contributed by atoms with E-state index in [0.717, 1.165) is 6.42 Å². The number of nitrogens with zero attached hydrogens (tertiary/aromatic N) is 1. The highest BCUT2D eigenvalue weighted by Crippen LogP contribution is 2.11. The average molecular weight is 129 g/mol. The Morgan fingerprint density at radius 3 is 2.89 bits per heavy atom. The molecular weight excluding hydrogens is 120 g/mol. The smallest absolute Gasteiger partial charge is 0.244 e. The fourth-order valence-electron chi connectivity index (χ4n) is 0.980. The van der Waals surface area contributed by atoms with Crippen LogP contribution in [0.5, 0.6) is 0 Å². The molecule has 0 saturated carbocycles. The van der Waals surface area contributed by atoms with Crippen molar-refractivity contribution in [1.82, 2.24) is 4.81 Å². The summed E-state index contributed by atoms with van der Waals surface area (Å²) in [6, 6.07) is 0. The van der Waals surface area contributed by atoms with E-state index in [-0.39, 0.29) is 5.91 Å². The summed E-state index contributed by atoms with van der Waals surface area (Å²) < 4.78 is 12.4. The number of halogens is 1. The summed E-state index contributed by atoms with van der Waals surface area (Å²) >= 11 is 0. The minimum absolute atomic E-state index is 0.360. The van der Waals surface area contributed by atoms with Gasteiger partial charge in [0.25, 0.3) is 0 Å². The van der Waals surface area contributed by atoms with Gasteiger partial charge < -0.3 is 4.81 Å². The first kappa shape index (κ1) is 6.58. The Balaban J connectivity index is 2.52. The number of carbonyl (C=O) groups is 1. The van der Waals surface area contributed by atoms with Gasteiger partial charge in [0.15, 0.2) is 6.17 Å². The summed E-state index contributed by atoms with van der Waals surface area (Å²) in [6.07, 6.45) is -0.0317. The molecular formula is C5H9BFNO. The van der Waals surface area contributed by atoms with E-state index in [2.05, 4.69) is 0 Å². The molecule has 0 aromatic carbocycles. The van der Waals surface area contributed by atoms with E-state index >= 15 is 0 Å². The second-order valence-corrected chi connectivity index (χ2v) is 2.37. The minimum atomic E-state index is -1.23. The van der Waals surface area contributed by atoms with Gasteiger partial charge in [-0.2, -0.15) is 0 Å². The van der Waals surface area contributed by atoms with Crippen LogP contribution in [-0.2, 0) is 4.79 Å². The Morgan fingerprint density at radius 1 is 1.78 bits per heavy atom. The van der Waals surface area contributed by atoms with Crippen LogP contribution in [0.1, 0.15) is 12.8 Å². The molecule has 1 fully saturated rings. The van der Waals surface area contributed by atoms with Crippen molar-refractivity contribution in [3.63, 3.8) is 0 Å². The fourth-order valence-corrected chi connectivity index (χ4v) is 0.980. The summed E-state index contributed by atoms with van der Waals surface area (Å²) in [7, 11) is 1.63. The normalized spacial score (nSPS) is 28.8. The zero-order chi connectivity index (χ0) is 6.85. The number of hydrogen-bond donors (Lipinski definition) is 0. The first-order chi connectivity index (χ1) is 4.22. The van der Waals surface area contributed by atoms with Gasteiger partial charge >= 0.3 is 0 Å². The molecule has 1 unspecified atom stereocenters. The topological polar surface area (TPSA) is 20.3 Å². The molecule has 0 spiro atoms. The molecule has 1 amide bonds. The van der Waals surface area contributed by atoms with Gasteiger partial charge in [-0.05, 0) is 12.8 Å². The second-order valence-electron chi connectivity index (χ2n) is 2.37. The van der Waals surface area contributed by atoms with Gasteiger partial charge in [0.05, 0.1) is 0 Å². The summed E-state index contributed by atoms with van der Waals surface area (Å²) in [6.45, 7) is 0.708. The van der Waals surface area contributed by atoms with Crippen LogP contribution >= 0.6 is 0 Å². The molecule has 1 aliphatic rings. The molecule has 0 bridgehead atoms. The van der Waals surface area contributed by atoms with Gasteiger partial charge in [0.2, 0.25) is 13.9 Å². The maximum Gasteiger partial charge on any atom is 0.244 e. The zero-order valence-corrected chi connectivity index (χ0v) is 5.43. The fraction of sp³-hybridized carbons (Fsp3) is 0.800. The number of hydrogen-bond acceptors (Lipinski definition) is 1. The van der Waals surface area contributed by atoms with E-state index in [1.165, 1.54) is 4.81 Å². The SMILES string of the molecule is BN1CCCC(F)C1=O. The Labute approximate surface area is 54.5 Å². The van der Waals surface area contributed by atoms with Crippen molar-refractivity contribution in [2.75, 3.05) is 6.54 Å². The number of amides is 1. The van der Waals surface area contributed by atoms with Crippen LogP contribution < -0.4 is 0 Å². The van der Waals surface area contributed by atoms with E-state index in [0.29, 0.717) is 13.0 Å². The summed E-state index contributed by atoms with van der Waals surface area (Å²) in [5.74, 6) is -0.360. The van der Waals surface area contributed by atoms with Crippen molar-refractivity contribution in [3.8, 4) is 0 Å². The van der Waals surface area contributed by atoms with Gasteiger partial charge in [-0.1, -0.05) is 0 Å². The molecule has 2 nitrogen and oxygen atoms in total. The van der Waals surface area contributed by atoms with E-state index in [1.807, 2.05) is 0 Å². The van der Waals surface area contributed by atoms with Crippen LogP contribution in [0, 0.1) is 0 Å². The van der Waals surface area contributed by atoms with Gasteiger partial charge in [0, 0.05) is 6.54 Å². The van der Waals surface area contributed by atoms with E-state index < -0.39 is 6.17 Å². The zero-order valence-electron chi connectivity index (χ0n) is 5.43. The minimum Gasteiger partial charge on any atom is -0.391 e. The van der Waals surface area contributed by atoms with Crippen molar-refractivity contribution in [2.45, 2.75) is 19.0 Å². The highest BCUT2D eigenvalue weighted by molar-refractivity contribution is 6.15. The molecule has 0 aromatic rings. The molecule has 0 aliphatic carbocycles. The van der Waals surface area contributed by atoms with Crippen molar-refractivity contribution >= 4 is 13.9 Å². The van der Waals surface area contributed by atoms with Gasteiger partial charge in [-0.25, -0.2) is 4.39 Å². The van der Waals surface area contributed by atoms with Crippen LogP contribution in [-0.4, -0.2) is 31.4 Å². The standard InChI is InChI=1S/C5H9BFNO/c6-8-3-1-2-4(7)5(8)9/h4H,1-3,6H2. The summed E-state index contributed by atoms with van der Waals surface area (Å²) in [4.78, 5) is 12.1. The number of alkyl halides is 1. The largest absolute Gasteiger partial charge is 0.391 e. The monoisotopic (exact) mass is 129 g/mol. The van der Waals surface area contributed by atoms with E-state index in [1.54, 1.807) is 7.98 Å². The predicted octanol–water partition coefficient (Wildman–Crippen LogP) is -0.505. The van der Waals surface area contributed by atoms with Crippen LogP contribution in [0.2, 0.25) is 0 Å². The van der Waals surface area contributed by atoms with E-state index in [4.69, 9.17) is 0 Å². The summed E-state index contributed by atoms with van der Waals surface area (Å²) in [5.41, 5.74) is 0. The van der Waals surface area contributed by atoms with Crippen LogP contribution in [0.15, 0.2) is 0 Å². The molecule has 0 radical (unpaired) electrons. The molecule has 9 heavy (non-hydrogen) atoms. The molecule has 0 N–H and O–H groups in total. The van der Waals surface area contributed by atoms with Crippen molar-refractivity contribution in [1.29, 1.82) is 0 Å². The Hall–Kier alpha value is -0.535. The van der Waals surface area contributed by atoms with Crippen LogP contribution in [0.4, 0.5) is 4.39 Å². The highest BCUT2D eigenvalue weighted by atomic mass is 19.1. The second kappa shape index (κ2) is 2.37. The number of piperidine rings is 1. The van der Waals surface area contributed by atoms with Crippen molar-refractivity contribution in [2.24, 2.45) is 0 Å². The average Bonchev–Trinajstić information content (AvgIpc) is 1.83. The van der Waals surface area contributed by atoms with Gasteiger partial charge in [0.1, 0.15) is 0 Å². The third-order valence-electron chi connectivity index (χ3n) is 1.60. The lowest BCUT2D eigenvalue weighted by molar-refractivity contribution is -0.134. The van der Waals surface area contributed by atoms with Crippen LogP contribution in [0.25, 0.3) is 0 Å². The molecule has 1 rings (SSSR count). The maximum absolute atomic E-state index is 12.4. The molecule has 1 heterocycles. The molecule has 50 valence electrons. The Kier molecular flexibility index (Phi) is 1.74. The first-order valence-corrected chi connectivity index (χ1v) is 3.11. The highest BCUT2D eigenvalue weighted by Gasteiger charge is 2.24. The van der Waals surface area contributed by atoms with Gasteiger partial charge in [-0.3, -0.25) is 4.79 Å². The third-order valence-corrected chi connectivity index (χ3v) is 1.60. The quantitative estimate of drug-likeness (QED) is 0.403. The Bertz CT molecular complexity index is 118. The van der Waals surface area contributed by atoms with Crippen LogP contribution in [0.3, 0.4) is 0 Å². The molecule has 1 aliphatic heterocycles. The lowest BCUT2D eigenvalue weighted by Crippen LogP contribution is -2.40. The molecule has 1 saturated heterocycles. The third kappa shape index (κ3) is 1.23. The lowest BCUT2D eigenvalue weighted by Gasteiger charge is -2.24. The molecule has 0 aromatic heterocycles. The predicted molar refractivity (Wildman–Crippen MR) is 34.4 cm³/mol. The van der Waals surface area contributed by atoms with Crippen molar-refractivity contribution in [3.05, 3.63) is 0 Å². The maximum atomic E-state index is 12.4. The van der Waals surface area contributed by atoms with Gasteiger partial charge in [-0.15, -0.1) is 0 Å². The lowest BCUT2D eigenvalue weighted by atomic mass is 10.1. The molecule has 4 heteroatoms. The summed E-state index contributed by atoms with van der Waals surface area (Å²) in [5, 5.41) is 0. The first-order valence-electron chi connectivity index (χ1n) is 3.11. The Morgan fingerprint density at radius 2 is 2.44 bits per heavy atom. The van der Waals surface area contributed by atoms with Crippen molar-refractivity contribution < 1.29 is 9.18 Å². The molecule has 1 atom stereocenters. The number of carbonyl (C=O) groups excluding carboxylic acids is 1. The van der Waals surface area contributed by atoms with E-state index in [9.17, 15) is 9.18 Å². The number of rotatable bonds is 0.